The first kappa shape index (κ1) is 15.9. The Labute approximate surface area is 140 Å². The summed E-state index contributed by atoms with van der Waals surface area (Å²) < 4.78 is 5.64. The zero-order chi connectivity index (χ0) is 16.1. The minimum absolute atomic E-state index is 0.227. The van der Waals surface area contributed by atoms with Gasteiger partial charge in [0.15, 0.2) is 0 Å². The van der Waals surface area contributed by atoms with Crippen LogP contribution in [0.5, 0.6) is 5.88 Å². The lowest BCUT2D eigenvalue weighted by Gasteiger charge is -2.15. The van der Waals surface area contributed by atoms with Crippen LogP contribution < -0.4 is 4.74 Å². The summed E-state index contributed by atoms with van der Waals surface area (Å²) in [5.74, 6) is 0.826. The average Bonchev–Trinajstić information content (AvgIpc) is 3.01. The second kappa shape index (κ2) is 7.51. The van der Waals surface area contributed by atoms with Crippen LogP contribution in [0.4, 0.5) is 0 Å². The quantitative estimate of drug-likeness (QED) is 0.762. The summed E-state index contributed by atoms with van der Waals surface area (Å²) in [4.78, 5) is 19.0. The van der Waals surface area contributed by atoms with Crippen LogP contribution in [0.3, 0.4) is 0 Å². The van der Waals surface area contributed by atoms with Crippen molar-refractivity contribution >= 4 is 17.7 Å². The number of hydrogen-bond acceptors (Lipinski definition) is 4. The van der Waals surface area contributed by atoms with Crippen molar-refractivity contribution in [2.45, 2.75) is 17.7 Å². The van der Waals surface area contributed by atoms with E-state index < -0.39 is 0 Å². The molecule has 1 aliphatic rings. The first-order valence-electron chi connectivity index (χ1n) is 7.77. The van der Waals surface area contributed by atoms with Gasteiger partial charge in [0, 0.05) is 35.7 Å². The Bertz CT molecular complexity index is 656. The highest BCUT2D eigenvalue weighted by Crippen LogP contribution is 2.23. The third kappa shape index (κ3) is 4.05. The predicted molar refractivity (Wildman–Crippen MR) is 92.8 cm³/mol. The molecule has 0 N–H and O–H groups in total. The SMILES string of the molecule is CSc1ccc(-c2ccc(OCCN3CCCC3=O)nc2)cc1. The number of hydrogen-bond donors (Lipinski definition) is 0. The van der Waals surface area contributed by atoms with Gasteiger partial charge in [0.05, 0.1) is 6.54 Å². The van der Waals surface area contributed by atoms with Gasteiger partial charge in [0.25, 0.3) is 0 Å². The molecule has 5 heteroatoms. The van der Waals surface area contributed by atoms with Crippen molar-refractivity contribution in [3.05, 3.63) is 42.6 Å². The molecule has 0 bridgehead atoms. The van der Waals surface area contributed by atoms with Crippen molar-refractivity contribution in [2.75, 3.05) is 26.0 Å². The van der Waals surface area contributed by atoms with Gasteiger partial charge < -0.3 is 9.64 Å². The maximum atomic E-state index is 11.5. The van der Waals surface area contributed by atoms with E-state index in [2.05, 4.69) is 35.5 Å². The third-order valence-electron chi connectivity index (χ3n) is 3.94. The first-order valence-corrected chi connectivity index (χ1v) is 9.00. The van der Waals surface area contributed by atoms with Crippen LogP contribution in [0.2, 0.25) is 0 Å². The van der Waals surface area contributed by atoms with E-state index in [1.54, 1.807) is 11.8 Å². The molecule has 120 valence electrons. The van der Waals surface area contributed by atoms with Crippen molar-refractivity contribution in [3.8, 4) is 17.0 Å². The molecule has 0 aliphatic carbocycles. The van der Waals surface area contributed by atoms with E-state index in [4.69, 9.17) is 4.74 Å². The van der Waals surface area contributed by atoms with Crippen LogP contribution in [0.1, 0.15) is 12.8 Å². The van der Waals surface area contributed by atoms with Crippen LogP contribution in [0, 0.1) is 0 Å². The fourth-order valence-corrected chi connectivity index (χ4v) is 3.03. The molecule has 4 nitrogen and oxygen atoms in total. The molecule has 0 atom stereocenters. The zero-order valence-electron chi connectivity index (χ0n) is 13.2. The van der Waals surface area contributed by atoms with Gasteiger partial charge >= 0.3 is 0 Å². The van der Waals surface area contributed by atoms with E-state index in [0.717, 1.165) is 24.1 Å². The van der Waals surface area contributed by atoms with E-state index in [-0.39, 0.29) is 5.91 Å². The Morgan fingerprint density at radius 1 is 1.17 bits per heavy atom. The van der Waals surface area contributed by atoms with Crippen molar-refractivity contribution in [1.82, 2.24) is 9.88 Å². The summed E-state index contributed by atoms with van der Waals surface area (Å²) in [7, 11) is 0. The minimum atomic E-state index is 0.227. The van der Waals surface area contributed by atoms with Crippen LogP contribution in [0.15, 0.2) is 47.5 Å². The number of carbonyl (C=O) groups excluding carboxylic acids is 1. The third-order valence-corrected chi connectivity index (χ3v) is 4.69. The summed E-state index contributed by atoms with van der Waals surface area (Å²) in [5.41, 5.74) is 2.21. The van der Waals surface area contributed by atoms with Gasteiger partial charge in [-0.05, 0) is 36.4 Å². The van der Waals surface area contributed by atoms with E-state index >= 15 is 0 Å². The molecule has 0 unspecified atom stereocenters. The summed E-state index contributed by atoms with van der Waals surface area (Å²) >= 11 is 1.73. The lowest BCUT2D eigenvalue weighted by molar-refractivity contribution is -0.128. The van der Waals surface area contributed by atoms with E-state index in [0.29, 0.717) is 25.5 Å². The number of benzene rings is 1. The Balaban J connectivity index is 1.55. The molecule has 1 aromatic heterocycles. The Hall–Kier alpha value is -2.01. The zero-order valence-corrected chi connectivity index (χ0v) is 14.0. The molecule has 0 saturated carbocycles. The molecule has 1 saturated heterocycles. The van der Waals surface area contributed by atoms with Gasteiger partial charge in [-0.2, -0.15) is 0 Å². The molecule has 3 rings (SSSR count). The van der Waals surface area contributed by atoms with E-state index in [1.165, 1.54) is 4.90 Å². The Morgan fingerprint density at radius 2 is 1.96 bits per heavy atom. The van der Waals surface area contributed by atoms with Gasteiger partial charge in [-0.25, -0.2) is 4.98 Å². The van der Waals surface area contributed by atoms with Gasteiger partial charge in [-0.15, -0.1) is 11.8 Å². The standard InChI is InChI=1S/C18H20N2O2S/c1-23-16-7-4-14(5-8-16)15-6-9-17(19-13-15)22-12-11-20-10-2-3-18(20)21/h4-9,13H,2-3,10-12H2,1H3. The minimum Gasteiger partial charge on any atom is -0.476 e. The Kier molecular flexibility index (Phi) is 5.18. The highest BCUT2D eigenvalue weighted by Gasteiger charge is 2.19. The normalized spacial score (nSPS) is 14.3. The average molecular weight is 328 g/mol. The first-order chi connectivity index (χ1) is 11.3. The number of likely N-dealkylation sites (tertiary alicyclic amines) is 1. The predicted octanol–water partition coefficient (Wildman–Crippen LogP) is 3.47. The molecule has 0 radical (unpaired) electrons. The summed E-state index contributed by atoms with van der Waals surface area (Å²) in [6, 6.07) is 12.3. The highest BCUT2D eigenvalue weighted by atomic mass is 32.2. The number of amides is 1. The van der Waals surface area contributed by atoms with Crippen molar-refractivity contribution in [1.29, 1.82) is 0 Å². The molecule has 1 fully saturated rings. The van der Waals surface area contributed by atoms with Crippen LogP contribution in [-0.2, 0) is 4.79 Å². The topological polar surface area (TPSA) is 42.4 Å². The Morgan fingerprint density at radius 3 is 2.57 bits per heavy atom. The molecule has 1 amide bonds. The number of carbonyl (C=O) groups is 1. The fraction of sp³-hybridized carbons (Fsp3) is 0.333. The second-order valence-corrected chi connectivity index (χ2v) is 6.33. The fourth-order valence-electron chi connectivity index (χ4n) is 2.62. The lowest BCUT2D eigenvalue weighted by Crippen LogP contribution is -2.29. The summed E-state index contributed by atoms with van der Waals surface area (Å²) in [6.45, 7) is 1.97. The van der Waals surface area contributed by atoms with Gasteiger partial charge in [-0.1, -0.05) is 12.1 Å². The van der Waals surface area contributed by atoms with E-state index in [1.807, 2.05) is 23.2 Å². The maximum Gasteiger partial charge on any atom is 0.222 e. The molecule has 2 heterocycles. The van der Waals surface area contributed by atoms with Crippen molar-refractivity contribution < 1.29 is 9.53 Å². The molecule has 23 heavy (non-hydrogen) atoms. The highest BCUT2D eigenvalue weighted by molar-refractivity contribution is 7.98. The molecular weight excluding hydrogens is 308 g/mol. The molecule has 0 spiro atoms. The lowest BCUT2D eigenvalue weighted by atomic mass is 10.1. The molecular formula is C18H20N2O2S. The van der Waals surface area contributed by atoms with E-state index in [9.17, 15) is 4.79 Å². The van der Waals surface area contributed by atoms with Gasteiger partial charge in [0.2, 0.25) is 11.8 Å². The number of ether oxygens (including phenoxy) is 1. The van der Waals surface area contributed by atoms with Crippen LogP contribution in [-0.4, -0.2) is 41.7 Å². The monoisotopic (exact) mass is 328 g/mol. The van der Waals surface area contributed by atoms with Crippen molar-refractivity contribution in [2.24, 2.45) is 0 Å². The summed E-state index contributed by atoms with van der Waals surface area (Å²) in [5, 5.41) is 0. The second-order valence-electron chi connectivity index (χ2n) is 5.45. The number of rotatable bonds is 6. The molecule has 1 aliphatic heterocycles. The smallest absolute Gasteiger partial charge is 0.222 e. The van der Waals surface area contributed by atoms with Crippen LogP contribution in [0.25, 0.3) is 11.1 Å². The molecule has 1 aromatic carbocycles. The van der Waals surface area contributed by atoms with Crippen LogP contribution >= 0.6 is 11.8 Å². The number of aromatic nitrogens is 1. The number of pyridine rings is 1. The molecule has 2 aromatic rings. The van der Waals surface area contributed by atoms with Gasteiger partial charge in [0.1, 0.15) is 6.61 Å². The van der Waals surface area contributed by atoms with Gasteiger partial charge in [-0.3, -0.25) is 4.79 Å². The maximum absolute atomic E-state index is 11.5. The van der Waals surface area contributed by atoms with Crippen molar-refractivity contribution in [3.63, 3.8) is 0 Å². The number of nitrogens with zero attached hydrogens (tertiary/aromatic N) is 2. The summed E-state index contributed by atoms with van der Waals surface area (Å²) in [6.07, 6.45) is 5.52. The largest absolute Gasteiger partial charge is 0.476 e. The number of thioether (sulfide) groups is 1.